The minimum Gasteiger partial charge on any atom is -0.319 e. The first-order chi connectivity index (χ1) is 8.99. The van der Waals surface area contributed by atoms with Crippen molar-refractivity contribution in [2.45, 2.75) is 13.8 Å². The van der Waals surface area contributed by atoms with E-state index in [0.717, 1.165) is 11.1 Å². The third-order valence-electron chi connectivity index (χ3n) is 2.97. The predicted molar refractivity (Wildman–Crippen MR) is 80.3 cm³/mol. The van der Waals surface area contributed by atoms with E-state index in [0.29, 0.717) is 21.3 Å². The Morgan fingerprint density at radius 3 is 2.21 bits per heavy atom. The van der Waals surface area contributed by atoms with Crippen LogP contribution < -0.4 is 5.32 Å². The summed E-state index contributed by atoms with van der Waals surface area (Å²) < 4.78 is 0. The number of aryl methyl sites for hydroxylation is 2. The molecule has 19 heavy (non-hydrogen) atoms. The highest BCUT2D eigenvalue weighted by Gasteiger charge is 2.11. The molecule has 0 bridgehead atoms. The number of benzene rings is 2. The second kappa shape index (κ2) is 5.64. The summed E-state index contributed by atoms with van der Waals surface area (Å²) in [5, 5.41) is 3.58. The monoisotopic (exact) mass is 293 g/mol. The molecule has 0 aliphatic carbocycles. The van der Waals surface area contributed by atoms with Gasteiger partial charge in [0, 0.05) is 5.56 Å². The second-order valence-corrected chi connectivity index (χ2v) is 5.16. The van der Waals surface area contributed by atoms with Crippen molar-refractivity contribution in [3.05, 3.63) is 63.1 Å². The lowest BCUT2D eigenvalue weighted by Crippen LogP contribution is -2.12. The Balaban J connectivity index is 2.28. The van der Waals surface area contributed by atoms with Crippen LogP contribution in [0.4, 0.5) is 5.69 Å². The van der Waals surface area contributed by atoms with Crippen LogP contribution in [0.25, 0.3) is 0 Å². The Hall–Kier alpha value is -1.51. The molecule has 0 atom stereocenters. The highest BCUT2D eigenvalue weighted by Crippen LogP contribution is 2.30. The Morgan fingerprint density at radius 2 is 1.63 bits per heavy atom. The van der Waals surface area contributed by atoms with Crippen molar-refractivity contribution in [2.75, 3.05) is 5.32 Å². The van der Waals surface area contributed by atoms with Crippen LogP contribution in [0.2, 0.25) is 10.0 Å². The number of amides is 1. The topological polar surface area (TPSA) is 29.1 Å². The largest absolute Gasteiger partial charge is 0.319 e. The first-order valence-electron chi connectivity index (χ1n) is 5.81. The molecule has 0 fully saturated rings. The van der Waals surface area contributed by atoms with Crippen molar-refractivity contribution < 1.29 is 4.79 Å². The predicted octanol–water partition coefficient (Wildman–Crippen LogP) is 4.86. The molecule has 0 saturated carbocycles. The van der Waals surface area contributed by atoms with E-state index in [4.69, 9.17) is 23.2 Å². The van der Waals surface area contributed by atoms with Gasteiger partial charge in [0.25, 0.3) is 5.91 Å². The molecule has 0 aliphatic rings. The molecule has 2 rings (SSSR count). The zero-order chi connectivity index (χ0) is 14.0. The van der Waals surface area contributed by atoms with Gasteiger partial charge in [0.15, 0.2) is 0 Å². The zero-order valence-corrected chi connectivity index (χ0v) is 12.1. The summed E-state index contributed by atoms with van der Waals surface area (Å²) in [7, 11) is 0. The minimum atomic E-state index is -0.224. The molecule has 2 aromatic rings. The van der Waals surface area contributed by atoms with Crippen molar-refractivity contribution >= 4 is 34.8 Å². The Morgan fingerprint density at radius 1 is 1.00 bits per heavy atom. The highest BCUT2D eigenvalue weighted by atomic mass is 35.5. The molecule has 4 heteroatoms. The van der Waals surface area contributed by atoms with Crippen molar-refractivity contribution in [2.24, 2.45) is 0 Å². The third kappa shape index (κ3) is 3.09. The Labute approximate surface area is 122 Å². The zero-order valence-electron chi connectivity index (χ0n) is 10.6. The first kappa shape index (κ1) is 13.9. The van der Waals surface area contributed by atoms with E-state index in [1.807, 2.05) is 26.0 Å². The van der Waals surface area contributed by atoms with E-state index in [2.05, 4.69) is 5.32 Å². The molecule has 2 aromatic carbocycles. The number of nitrogens with one attached hydrogen (secondary N) is 1. The first-order valence-corrected chi connectivity index (χ1v) is 6.57. The number of hydrogen-bond donors (Lipinski definition) is 1. The lowest BCUT2D eigenvalue weighted by atomic mass is 10.1. The SMILES string of the molecule is Cc1ccc(C(=O)Nc2c(Cl)cccc2Cl)cc1C. The molecule has 1 N–H and O–H groups in total. The maximum atomic E-state index is 12.2. The summed E-state index contributed by atoms with van der Waals surface area (Å²) in [6.07, 6.45) is 0. The van der Waals surface area contributed by atoms with E-state index in [1.54, 1.807) is 24.3 Å². The lowest BCUT2D eigenvalue weighted by Gasteiger charge is -2.10. The van der Waals surface area contributed by atoms with E-state index in [9.17, 15) is 4.79 Å². The fourth-order valence-corrected chi connectivity index (χ4v) is 2.18. The molecular weight excluding hydrogens is 281 g/mol. The molecular formula is C15H13Cl2NO. The van der Waals surface area contributed by atoms with Gasteiger partial charge in [0.05, 0.1) is 15.7 Å². The second-order valence-electron chi connectivity index (χ2n) is 4.35. The van der Waals surface area contributed by atoms with Crippen molar-refractivity contribution in [1.82, 2.24) is 0 Å². The van der Waals surface area contributed by atoms with E-state index in [-0.39, 0.29) is 5.91 Å². The van der Waals surface area contributed by atoms with Gasteiger partial charge in [0.1, 0.15) is 0 Å². The van der Waals surface area contributed by atoms with Crippen molar-refractivity contribution in [3.8, 4) is 0 Å². The van der Waals surface area contributed by atoms with Gasteiger partial charge in [-0.3, -0.25) is 4.79 Å². The fraction of sp³-hybridized carbons (Fsp3) is 0.133. The third-order valence-corrected chi connectivity index (χ3v) is 3.60. The molecule has 0 heterocycles. The van der Waals surface area contributed by atoms with Gasteiger partial charge in [0.2, 0.25) is 0 Å². The van der Waals surface area contributed by atoms with Crippen LogP contribution in [0.15, 0.2) is 36.4 Å². The number of halogens is 2. The van der Waals surface area contributed by atoms with E-state index in [1.165, 1.54) is 0 Å². The molecule has 0 spiro atoms. The van der Waals surface area contributed by atoms with Gasteiger partial charge < -0.3 is 5.32 Å². The Kier molecular flexibility index (Phi) is 4.13. The number of carbonyl (C=O) groups excluding carboxylic acids is 1. The summed E-state index contributed by atoms with van der Waals surface area (Å²) in [6, 6.07) is 10.6. The summed E-state index contributed by atoms with van der Waals surface area (Å²) in [6.45, 7) is 3.97. The maximum absolute atomic E-state index is 12.2. The van der Waals surface area contributed by atoms with Crippen LogP contribution in [0, 0.1) is 13.8 Å². The number of hydrogen-bond acceptors (Lipinski definition) is 1. The molecule has 0 aromatic heterocycles. The van der Waals surface area contributed by atoms with Gasteiger partial charge in [-0.05, 0) is 49.2 Å². The number of para-hydroxylation sites is 1. The molecule has 0 saturated heterocycles. The van der Waals surface area contributed by atoms with Crippen LogP contribution in [-0.4, -0.2) is 5.91 Å². The van der Waals surface area contributed by atoms with Gasteiger partial charge in [-0.1, -0.05) is 35.3 Å². The van der Waals surface area contributed by atoms with Gasteiger partial charge in [-0.15, -0.1) is 0 Å². The smallest absolute Gasteiger partial charge is 0.255 e. The van der Waals surface area contributed by atoms with Crippen LogP contribution in [-0.2, 0) is 0 Å². The van der Waals surface area contributed by atoms with E-state index < -0.39 is 0 Å². The number of carbonyl (C=O) groups is 1. The Bertz CT molecular complexity index is 618. The standard InChI is InChI=1S/C15H13Cl2NO/c1-9-6-7-11(8-10(9)2)15(19)18-14-12(16)4-3-5-13(14)17/h3-8H,1-2H3,(H,18,19). The van der Waals surface area contributed by atoms with Crippen molar-refractivity contribution in [3.63, 3.8) is 0 Å². The molecule has 0 radical (unpaired) electrons. The molecule has 0 unspecified atom stereocenters. The van der Waals surface area contributed by atoms with Gasteiger partial charge in [-0.25, -0.2) is 0 Å². The van der Waals surface area contributed by atoms with Crippen LogP contribution in [0.5, 0.6) is 0 Å². The minimum absolute atomic E-state index is 0.224. The number of rotatable bonds is 2. The lowest BCUT2D eigenvalue weighted by molar-refractivity contribution is 0.102. The average molecular weight is 294 g/mol. The fourth-order valence-electron chi connectivity index (χ4n) is 1.69. The van der Waals surface area contributed by atoms with Crippen LogP contribution in [0.3, 0.4) is 0 Å². The molecule has 98 valence electrons. The summed E-state index contributed by atoms with van der Waals surface area (Å²) in [5.74, 6) is -0.224. The van der Waals surface area contributed by atoms with Crippen LogP contribution in [0.1, 0.15) is 21.5 Å². The average Bonchev–Trinajstić information content (AvgIpc) is 2.37. The molecule has 2 nitrogen and oxygen atoms in total. The molecule has 1 amide bonds. The van der Waals surface area contributed by atoms with Gasteiger partial charge >= 0.3 is 0 Å². The summed E-state index contributed by atoms with van der Waals surface area (Å²) in [5.41, 5.74) is 3.23. The van der Waals surface area contributed by atoms with E-state index >= 15 is 0 Å². The van der Waals surface area contributed by atoms with Crippen molar-refractivity contribution in [1.29, 1.82) is 0 Å². The number of anilines is 1. The van der Waals surface area contributed by atoms with Crippen LogP contribution >= 0.6 is 23.2 Å². The summed E-state index contributed by atoms with van der Waals surface area (Å²) >= 11 is 12.0. The van der Waals surface area contributed by atoms with Gasteiger partial charge in [-0.2, -0.15) is 0 Å². The maximum Gasteiger partial charge on any atom is 0.255 e. The molecule has 0 aliphatic heterocycles. The highest BCUT2D eigenvalue weighted by molar-refractivity contribution is 6.40. The normalized spacial score (nSPS) is 10.3. The quantitative estimate of drug-likeness (QED) is 0.841. The summed E-state index contributed by atoms with van der Waals surface area (Å²) in [4.78, 5) is 12.2.